The first kappa shape index (κ1) is 21.1. The number of carbonyl (C=O) groups is 3. The van der Waals surface area contributed by atoms with Crippen molar-refractivity contribution in [3.05, 3.63) is 0 Å². The Morgan fingerprint density at radius 3 is 2.28 bits per heavy atom. The third-order valence-electron chi connectivity index (χ3n) is 7.63. The van der Waals surface area contributed by atoms with Crippen molar-refractivity contribution in [2.45, 2.75) is 62.6 Å². The lowest BCUT2D eigenvalue weighted by Crippen LogP contribution is -2.59. The highest BCUT2D eigenvalue weighted by molar-refractivity contribution is 9.10. The summed E-state index contributed by atoms with van der Waals surface area (Å²) in [5, 5.41) is 0. The molecule has 5 aliphatic rings. The van der Waals surface area contributed by atoms with Crippen molar-refractivity contribution >= 4 is 33.7 Å². The summed E-state index contributed by atoms with van der Waals surface area (Å²) < 4.78 is 5.23. The van der Waals surface area contributed by atoms with E-state index in [0.717, 1.165) is 19.3 Å². The van der Waals surface area contributed by atoms with Crippen LogP contribution in [-0.2, 0) is 19.1 Å². The number of ether oxygens (including phenoxy) is 1. The standard InChI is InChI=1S/C22H33BrN2O4/c1-3-29-19(27)17-4-6-25(7-5-17)18(26)13-24(2)20(28)21-9-15-8-16(10-21)12-22(23,11-15)14-21/h15-17H,3-14H2,1-2H3. The van der Waals surface area contributed by atoms with Crippen LogP contribution in [0.2, 0.25) is 0 Å². The van der Waals surface area contributed by atoms with Crippen molar-refractivity contribution in [2.75, 3.05) is 33.3 Å². The molecule has 29 heavy (non-hydrogen) atoms. The number of likely N-dealkylation sites (N-methyl/N-ethyl adjacent to an activating group) is 1. The molecule has 0 spiro atoms. The molecule has 0 radical (unpaired) electrons. The predicted molar refractivity (Wildman–Crippen MR) is 112 cm³/mol. The van der Waals surface area contributed by atoms with Crippen molar-refractivity contribution in [2.24, 2.45) is 23.2 Å². The first-order chi connectivity index (χ1) is 13.7. The molecule has 7 heteroatoms. The minimum Gasteiger partial charge on any atom is -0.466 e. The fourth-order valence-electron chi connectivity index (χ4n) is 6.81. The van der Waals surface area contributed by atoms with Gasteiger partial charge in [0, 0.05) is 24.5 Å². The zero-order chi connectivity index (χ0) is 20.8. The number of amides is 2. The number of hydrogen-bond donors (Lipinski definition) is 0. The number of likely N-dealkylation sites (tertiary alicyclic amines) is 1. The summed E-state index contributed by atoms with van der Waals surface area (Å²) in [5.41, 5.74) is -0.278. The van der Waals surface area contributed by atoms with E-state index in [1.165, 1.54) is 19.3 Å². The van der Waals surface area contributed by atoms with Crippen LogP contribution in [0.4, 0.5) is 0 Å². The van der Waals surface area contributed by atoms with E-state index in [4.69, 9.17) is 4.74 Å². The molecule has 2 unspecified atom stereocenters. The lowest BCUT2D eigenvalue weighted by molar-refractivity contribution is -0.157. The maximum atomic E-state index is 13.4. The number of carbonyl (C=O) groups excluding carboxylic acids is 3. The van der Waals surface area contributed by atoms with Crippen LogP contribution in [0, 0.1) is 23.2 Å². The van der Waals surface area contributed by atoms with Gasteiger partial charge in [-0.25, -0.2) is 0 Å². The summed E-state index contributed by atoms with van der Waals surface area (Å²) >= 11 is 3.97. The molecule has 1 heterocycles. The van der Waals surface area contributed by atoms with Gasteiger partial charge in [0.2, 0.25) is 11.8 Å². The molecule has 0 N–H and O–H groups in total. The first-order valence-corrected chi connectivity index (χ1v) is 11.9. The Hall–Kier alpha value is -1.11. The Labute approximate surface area is 181 Å². The van der Waals surface area contributed by atoms with Gasteiger partial charge in [-0.2, -0.15) is 0 Å². The molecule has 5 fully saturated rings. The van der Waals surface area contributed by atoms with Crippen LogP contribution in [0.1, 0.15) is 58.3 Å². The molecule has 0 aromatic carbocycles. The van der Waals surface area contributed by atoms with Gasteiger partial charge in [-0.1, -0.05) is 15.9 Å². The summed E-state index contributed by atoms with van der Waals surface area (Å²) in [5.74, 6) is 1.17. The van der Waals surface area contributed by atoms with Gasteiger partial charge in [-0.15, -0.1) is 0 Å². The van der Waals surface area contributed by atoms with E-state index in [1.807, 2.05) is 6.92 Å². The first-order valence-electron chi connectivity index (χ1n) is 11.1. The number of piperidine rings is 1. The number of esters is 1. The molecule has 0 aromatic heterocycles. The third-order valence-corrected chi connectivity index (χ3v) is 8.56. The van der Waals surface area contributed by atoms with Gasteiger partial charge in [0.25, 0.3) is 0 Å². The normalized spacial score (nSPS) is 36.2. The van der Waals surface area contributed by atoms with E-state index < -0.39 is 0 Å². The van der Waals surface area contributed by atoms with Crippen LogP contribution in [0.5, 0.6) is 0 Å². The smallest absolute Gasteiger partial charge is 0.309 e. The second kappa shape index (κ2) is 7.86. The van der Waals surface area contributed by atoms with Crippen LogP contribution in [0.25, 0.3) is 0 Å². The van der Waals surface area contributed by atoms with Crippen molar-refractivity contribution < 1.29 is 19.1 Å². The van der Waals surface area contributed by atoms with Gasteiger partial charge < -0.3 is 14.5 Å². The average molecular weight is 469 g/mol. The van der Waals surface area contributed by atoms with Crippen LogP contribution in [0.3, 0.4) is 0 Å². The molecule has 4 bridgehead atoms. The molecule has 1 saturated heterocycles. The second-order valence-electron chi connectivity index (χ2n) is 9.96. The summed E-state index contributed by atoms with van der Waals surface area (Å²) in [6.07, 6.45) is 7.81. The monoisotopic (exact) mass is 468 g/mol. The maximum absolute atomic E-state index is 13.4. The fraction of sp³-hybridized carbons (Fsp3) is 0.864. The fourth-order valence-corrected chi connectivity index (χ4v) is 8.26. The lowest BCUT2D eigenvalue weighted by Gasteiger charge is -2.59. The Kier molecular flexibility index (Phi) is 5.73. The summed E-state index contributed by atoms with van der Waals surface area (Å²) in [4.78, 5) is 41.6. The van der Waals surface area contributed by atoms with Gasteiger partial charge in [-0.05, 0) is 70.1 Å². The van der Waals surface area contributed by atoms with E-state index in [-0.39, 0.29) is 40.0 Å². The minimum absolute atomic E-state index is 0.0126. The highest BCUT2D eigenvalue weighted by Gasteiger charge is 2.60. The molecule has 4 aliphatic carbocycles. The summed E-state index contributed by atoms with van der Waals surface area (Å²) in [6.45, 7) is 3.46. The zero-order valence-electron chi connectivity index (χ0n) is 17.6. The van der Waals surface area contributed by atoms with E-state index >= 15 is 0 Å². The van der Waals surface area contributed by atoms with Crippen LogP contribution in [-0.4, -0.2) is 65.2 Å². The number of nitrogens with zero attached hydrogens (tertiary/aromatic N) is 2. The van der Waals surface area contributed by atoms with Crippen LogP contribution in [0.15, 0.2) is 0 Å². The van der Waals surface area contributed by atoms with Crippen molar-refractivity contribution in [3.8, 4) is 0 Å². The molecular weight excluding hydrogens is 436 g/mol. The molecule has 4 saturated carbocycles. The molecule has 1 aliphatic heterocycles. The van der Waals surface area contributed by atoms with Crippen molar-refractivity contribution in [1.29, 1.82) is 0 Å². The number of hydrogen-bond acceptors (Lipinski definition) is 4. The summed E-state index contributed by atoms with van der Waals surface area (Å²) in [7, 11) is 1.78. The number of halogens is 1. The number of rotatable bonds is 5. The topological polar surface area (TPSA) is 66.9 Å². The molecule has 6 nitrogen and oxygen atoms in total. The Bertz CT molecular complexity index is 674. The van der Waals surface area contributed by atoms with Gasteiger partial charge in [-0.3, -0.25) is 14.4 Å². The zero-order valence-corrected chi connectivity index (χ0v) is 19.2. The number of alkyl halides is 1. The lowest BCUT2D eigenvalue weighted by atomic mass is 9.49. The quantitative estimate of drug-likeness (QED) is 0.459. The van der Waals surface area contributed by atoms with E-state index in [1.54, 1.807) is 16.8 Å². The molecule has 2 amide bonds. The van der Waals surface area contributed by atoms with Gasteiger partial charge in [0.05, 0.1) is 24.5 Å². The summed E-state index contributed by atoms with van der Waals surface area (Å²) in [6, 6.07) is 0. The highest BCUT2D eigenvalue weighted by Crippen LogP contribution is 2.64. The van der Waals surface area contributed by atoms with Crippen LogP contribution < -0.4 is 0 Å². The minimum atomic E-state index is -0.278. The third kappa shape index (κ3) is 4.08. The van der Waals surface area contributed by atoms with Crippen molar-refractivity contribution in [3.63, 3.8) is 0 Å². The molecule has 2 atom stereocenters. The van der Waals surface area contributed by atoms with E-state index in [2.05, 4.69) is 15.9 Å². The van der Waals surface area contributed by atoms with Crippen molar-refractivity contribution in [1.82, 2.24) is 9.80 Å². The second-order valence-corrected chi connectivity index (χ2v) is 11.6. The van der Waals surface area contributed by atoms with Gasteiger partial charge in [0.15, 0.2) is 0 Å². The Balaban J connectivity index is 1.33. The Morgan fingerprint density at radius 2 is 1.72 bits per heavy atom. The molecule has 162 valence electrons. The van der Waals surface area contributed by atoms with Crippen LogP contribution >= 0.6 is 15.9 Å². The van der Waals surface area contributed by atoms with E-state index in [9.17, 15) is 14.4 Å². The largest absolute Gasteiger partial charge is 0.466 e. The highest BCUT2D eigenvalue weighted by atomic mass is 79.9. The molecular formula is C22H33BrN2O4. The van der Waals surface area contributed by atoms with Gasteiger partial charge >= 0.3 is 5.97 Å². The SMILES string of the molecule is CCOC(=O)C1CCN(C(=O)CN(C)C(=O)C23CC4CC(CC(Br)(C4)C2)C3)CC1. The van der Waals surface area contributed by atoms with E-state index in [0.29, 0.717) is 44.4 Å². The van der Waals surface area contributed by atoms with Gasteiger partial charge in [0.1, 0.15) is 0 Å². The molecule has 0 aromatic rings. The Morgan fingerprint density at radius 1 is 1.10 bits per heavy atom. The molecule has 5 rings (SSSR count). The average Bonchev–Trinajstić information content (AvgIpc) is 2.65. The maximum Gasteiger partial charge on any atom is 0.309 e. The predicted octanol–water partition coefficient (Wildman–Crippen LogP) is 2.98.